The summed E-state index contributed by atoms with van der Waals surface area (Å²) in [6, 6.07) is 8.00. The molecule has 1 aromatic carbocycles. The van der Waals surface area contributed by atoms with Gasteiger partial charge in [0.25, 0.3) is 10.0 Å². The minimum atomic E-state index is -4.05. The molecule has 0 aliphatic heterocycles. The highest BCUT2D eigenvalue weighted by Crippen LogP contribution is 2.20. The monoisotopic (exact) mass is 389 g/mol. The van der Waals surface area contributed by atoms with Crippen molar-refractivity contribution in [2.45, 2.75) is 44.6 Å². The Bertz CT molecular complexity index is 927. The van der Waals surface area contributed by atoms with Gasteiger partial charge in [0.2, 0.25) is 0 Å². The first kappa shape index (κ1) is 20.6. The second kappa shape index (κ2) is 8.31. The number of nitrogens with zero attached hydrogens (tertiary/aromatic N) is 1. The molecular weight excluding hydrogens is 366 g/mol. The van der Waals surface area contributed by atoms with Gasteiger partial charge in [0.15, 0.2) is 0 Å². The summed E-state index contributed by atoms with van der Waals surface area (Å²) in [4.78, 5) is 12.6. The summed E-state index contributed by atoms with van der Waals surface area (Å²) in [6.07, 6.45) is 2.23. The molecule has 1 heterocycles. The average Bonchev–Trinajstić information content (AvgIpc) is 3.06. The molecule has 2 rings (SSSR count). The molecule has 0 atom stereocenters. The Morgan fingerprint density at radius 2 is 1.85 bits per heavy atom. The largest absolute Gasteiger partial charge is 0.471 e. The molecule has 0 unspecified atom stereocenters. The van der Waals surface area contributed by atoms with E-state index < -0.39 is 21.7 Å². The van der Waals surface area contributed by atoms with Crippen LogP contribution in [0.15, 0.2) is 52.2 Å². The molecule has 0 aliphatic carbocycles. The number of hydrogen-bond acceptors (Lipinski definition) is 5. The molecule has 0 saturated heterocycles. The highest BCUT2D eigenvalue weighted by Gasteiger charge is 2.32. The zero-order valence-electron chi connectivity index (χ0n) is 15.9. The molecule has 2 aromatic rings. The second-order valence-corrected chi connectivity index (χ2v) is 8.80. The van der Waals surface area contributed by atoms with Crippen molar-refractivity contribution in [1.82, 2.24) is 4.31 Å². The standard InChI is InChI=1S/C20H23NO5S/c1-16-8-10-18(11-9-16)27(23,24)21(19(22)26-20(2,3)4)13-6-5-7-17-12-14-25-15-17/h8-12,14-15H,6,13H2,1-4H3. The van der Waals surface area contributed by atoms with Crippen LogP contribution < -0.4 is 0 Å². The molecule has 6 nitrogen and oxygen atoms in total. The van der Waals surface area contributed by atoms with E-state index in [9.17, 15) is 13.2 Å². The Kier molecular flexibility index (Phi) is 6.34. The highest BCUT2D eigenvalue weighted by atomic mass is 32.2. The van der Waals surface area contributed by atoms with Crippen molar-refractivity contribution in [1.29, 1.82) is 0 Å². The van der Waals surface area contributed by atoms with Crippen molar-refractivity contribution >= 4 is 16.1 Å². The third kappa shape index (κ3) is 5.90. The van der Waals surface area contributed by atoms with Crippen molar-refractivity contribution in [3.8, 4) is 11.8 Å². The lowest BCUT2D eigenvalue weighted by atomic mass is 10.2. The molecule has 0 saturated carbocycles. The first-order valence-corrected chi connectivity index (χ1v) is 9.87. The predicted octanol–water partition coefficient (Wildman–Crippen LogP) is 3.96. The number of rotatable bonds is 4. The summed E-state index contributed by atoms with van der Waals surface area (Å²) in [5, 5.41) is 0. The van der Waals surface area contributed by atoms with Gasteiger partial charge in [-0.25, -0.2) is 13.2 Å². The van der Waals surface area contributed by atoms with Crippen molar-refractivity contribution < 1.29 is 22.4 Å². The van der Waals surface area contributed by atoms with Crippen molar-refractivity contribution in [2.75, 3.05) is 6.54 Å². The zero-order chi connectivity index (χ0) is 20.1. The summed E-state index contributed by atoms with van der Waals surface area (Å²) in [5.41, 5.74) is 0.782. The number of furan rings is 1. The molecule has 144 valence electrons. The second-order valence-electron chi connectivity index (χ2n) is 6.93. The van der Waals surface area contributed by atoms with Gasteiger partial charge in [-0.2, -0.15) is 4.31 Å². The number of carbonyl (C=O) groups is 1. The Morgan fingerprint density at radius 1 is 1.19 bits per heavy atom. The van der Waals surface area contributed by atoms with Crippen molar-refractivity contribution in [3.05, 3.63) is 54.0 Å². The van der Waals surface area contributed by atoms with E-state index in [1.165, 1.54) is 24.7 Å². The third-order valence-electron chi connectivity index (χ3n) is 3.40. The lowest BCUT2D eigenvalue weighted by Crippen LogP contribution is -2.41. The van der Waals surface area contributed by atoms with E-state index in [0.29, 0.717) is 5.56 Å². The number of hydrogen-bond donors (Lipinski definition) is 0. The molecule has 1 aromatic heterocycles. The molecule has 0 spiro atoms. The maximum atomic E-state index is 13.0. The van der Waals surface area contributed by atoms with E-state index in [-0.39, 0.29) is 17.9 Å². The number of ether oxygens (including phenoxy) is 1. The van der Waals surface area contributed by atoms with Gasteiger partial charge in [0.1, 0.15) is 11.9 Å². The normalized spacial score (nSPS) is 11.4. The number of carbonyl (C=O) groups excluding carboxylic acids is 1. The minimum Gasteiger partial charge on any atom is -0.471 e. The van der Waals surface area contributed by atoms with Gasteiger partial charge < -0.3 is 9.15 Å². The lowest BCUT2D eigenvalue weighted by Gasteiger charge is -2.26. The molecule has 1 amide bonds. The Labute approximate surface area is 160 Å². The highest BCUT2D eigenvalue weighted by molar-refractivity contribution is 7.89. The van der Waals surface area contributed by atoms with Crippen molar-refractivity contribution in [3.63, 3.8) is 0 Å². The van der Waals surface area contributed by atoms with E-state index in [0.717, 1.165) is 9.87 Å². The van der Waals surface area contributed by atoms with Gasteiger partial charge in [0.05, 0.1) is 23.3 Å². The molecule has 0 N–H and O–H groups in total. The maximum Gasteiger partial charge on any atom is 0.424 e. The molecule has 27 heavy (non-hydrogen) atoms. The first-order valence-electron chi connectivity index (χ1n) is 8.43. The smallest absolute Gasteiger partial charge is 0.424 e. The SMILES string of the molecule is Cc1ccc(S(=O)(=O)N(CCC#Cc2ccoc2)C(=O)OC(C)(C)C)cc1. The van der Waals surface area contributed by atoms with Crippen LogP contribution in [0.2, 0.25) is 0 Å². The van der Waals surface area contributed by atoms with Crippen LogP contribution in [0.5, 0.6) is 0 Å². The van der Waals surface area contributed by atoms with Gasteiger partial charge in [-0.15, -0.1) is 0 Å². The van der Waals surface area contributed by atoms with Crippen LogP contribution in [-0.2, 0) is 14.8 Å². The third-order valence-corrected chi connectivity index (χ3v) is 5.18. The average molecular weight is 389 g/mol. The van der Waals surface area contributed by atoms with E-state index in [1.54, 1.807) is 39.0 Å². The maximum absolute atomic E-state index is 13.0. The van der Waals surface area contributed by atoms with Crippen LogP contribution in [0.3, 0.4) is 0 Å². The van der Waals surface area contributed by atoms with Crippen LogP contribution in [0.1, 0.15) is 38.3 Å². The molecule has 0 bridgehead atoms. The van der Waals surface area contributed by atoms with Gasteiger partial charge in [-0.3, -0.25) is 0 Å². The van der Waals surface area contributed by atoms with Gasteiger partial charge in [-0.1, -0.05) is 29.5 Å². The summed E-state index contributed by atoms with van der Waals surface area (Å²) in [7, 11) is -4.05. The Hall–Kier alpha value is -2.72. The summed E-state index contributed by atoms with van der Waals surface area (Å²) in [6.45, 7) is 6.78. The molecular formula is C20H23NO5S. The van der Waals surface area contributed by atoms with Crippen LogP contribution in [0, 0.1) is 18.8 Å². The minimum absolute atomic E-state index is 0.0294. The summed E-state index contributed by atoms with van der Waals surface area (Å²) < 4.78 is 36.8. The molecule has 0 fully saturated rings. The topological polar surface area (TPSA) is 76.8 Å². The Morgan fingerprint density at radius 3 is 2.41 bits per heavy atom. The predicted molar refractivity (Wildman–Crippen MR) is 102 cm³/mol. The van der Waals surface area contributed by atoms with E-state index >= 15 is 0 Å². The van der Waals surface area contributed by atoms with Gasteiger partial charge in [-0.05, 0) is 45.9 Å². The van der Waals surface area contributed by atoms with E-state index in [4.69, 9.17) is 9.15 Å². The fourth-order valence-corrected chi connectivity index (χ4v) is 3.42. The summed E-state index contributed by atoms with van der Waals surface area (Å²) in [5.74, 6) is 5.69. The van der Waals surface area contributed by atoms with Crippen molar-refractivity contribution in [2.24, 2.45) is 0 Å². The number of aryl methyl sites for hydroxylation is 1. The lowest BCUT2D eigenvalue weighted by molar-refractivity contribution is 0.0393. The van der Waals surface area contributed by atoms with Crippen LogP contribution in [-0.4, -0.2) is 31.0 Å². The molecule has 7 heteroatoms. The van der Waals surface area contributed by atoms with Crippen LogP contribution in [0.4, 0.5) is 4.79 Å². The van der Waals surface area contributed by atoms with E-state index in [2.05, 4.69) is 11.8 Å². The van der Waals surface area contributed by atoms with Gasteiger partial charge >= 0.3 is 6.09 Å². The fraction of sp³-hybridized carbons (Fsp3) is 0.350. The first-order chi connectivity index (χ1) is 12.6. The number of amides is 1. The van der Waals surface area contributed by atoms with Gasteiger partial charge in [0, 0.05) is 6.42 Å². The number of sulfonamides is 1. The molecule has 0 radical (unpaired) electrons. The fourth-order valence-electron chi connectivity index (χ4n) is 2.12. The number of benzene rings is 1. The van der Waals surface area contributed by atoms with E-state index in [1.807, 2.05) is 6.92 Å². The summed E-state index contributed by atoms with van der Waals surface area (Å²) >= 11 is 0. The zero-order valence-corrected chi connectivity index (χ0v) is 16.7. The quantitative estimate of drug-likeness (QED) is 0.740. The molecule has 0 aliphatic rings. The van der Waals surface area contributed by atoms with Crippen LogP contribution >= 0.6 is 0 Å². The van der Waals surface area contributed by atoms with Crippen LogP contribution in [0.25, 0.3) is 0 Å². The Balaban J connectivity index is 2.25.